The van der Waals surface area contributed by atoms with Gasteiger partial charge in [0.2, 0.25) is 0 Å². The van der Waals surface area contributed by atoms with Gasteiger partial charge in [0.1, 0.15) is 5.75 Å². The van der Waals surface area contributed by atoms with Gasteiger partial charge in [0, 0.05) is 22.5 Å². The minimum absolute atomic E-state index is 0.0234. The Morgan fingerprint density at radius 3 is 2.27 bits per heavy atom. The average Bonchev–Trinajstić information content (AvgIpc) is 3.11. The van der Waals surface area contributed by atoms with Crippen LogP contribution in [0.15, 0.2) is 77.7 Å². The Hall–Kier alpha value is -3.29. The first-order valence-corrected chi connectivity index (χ1v) is 12.1. The number of carboxylic acid groups (broad SMARTS) is 1. The predicted molar refractivity (Wildman–Crippen MR) is 128 cm³/mol. The van der Waals surface area contributed by atoms with E-state index in [-0.39, 0.29) is 16.6 Å². The Kier molecular flexibility index (Phi) is 6.19. The zero-order valence-corrected chi connectivity index (χ0v) is 19.6. The summed E-state index contributed by atoms with van der Waals surface area (Å²) in [6.45, 7) is 3.80. The van der Waals surface area contributed by atoms with E-state index in [0.29, 0.717) is 33.8 Å². The maximum atomic E-state index is 13.7. The molecule has 0 unspecified atom stereocenters. The molecule has 0 spiro atoms. The number of hydrogen-bond acceptors (Lipinski definition) is 4. The van der Waals surface area contributed by atoms with Gasteiger partial charge in [-0.05, 0) is 80.1 Å². The molecule has 0 atom stereocenters. The quantitative estimate of drug-likeness (QED) is 0.369. The Bertz CT molecular complexity index is 1420. The Morgan fingerprint density at radius 2 is 1.67 bits per heavy atom. The van der Waals surface area contributed by atoms with Gasteiger partial charge in [0.15, 0.2) is 0 Å². The third-order valence-electron chi connectivity index (χ3n) is 5.11. The van der Waals surface area contributed by atoms with Crippen LogP contribution in [0.3, 0.4) is 0 Å². The molecule has 0 amide bonds. The highest BCUT2D eigenvalue weighted by Gasteiger charge is 2.23. The molecule has 0 saturated carbocycles. The SMILES string of the molecule is CC(C)Oc1ccc(S(=O)(=O)n2c(Cc3ccc(C(=O)O)cc3)cc3cc(Cl)ccc32)cc1. The number of rotatable bonds is 7. The minimum atomic E-state index is -3.93. The van der Waals surface area contributed by atoms with Crippen molar-refractivity contribution < 1.29 is 23.1 Å². The van der Waals surface area contributed by atoms with Crippen molar-refractivity contribution in [1.82, 2.24) is 3.97 Å². The van der Waals surface area contributed by atoms with Crippen LogP contribution in [-0.4, -0.2) is 29.6 Å². The molecule has 0 fully saturated rings. The summed E-state index contributed by atoms with van der Waals surface area (Å²) in [6, 6.07) is 19.6. The Labute approximate surface area is 197 Å². The first-order chi connectivity index (χ1) is 15.6. The smallest absolute Gasteiger partial charge is 0.335 e. The van der Waals surface area contributed by atoms with Crippen molar-refractivity contribution in [2.75, 3.05) is 0 Å². The summed E-state index contributed by atoms with van der Waals surface area (Å²) in [7, 11) is -3.93. The van der Waals surface area contributed by atoms with E-state index in [1.54, 1.807) is 48.5 Å². The number of benzene rings is 3. The summed E-state index contributed by atoms with van der Waals surface area (Å²) in [6.07, 6.45) is 0.268. The fraction of sp³-hybridized carbons (Fsp3) is 0.160. The van der Waals surface area contributed by atoms with Gasteiger partial charge < -0.3 is 9.84 Å². The summed E-state index contributed by atoms with van der Waals surface area (Å²) in [4.78, 5) is 11.3. The van der Waals surface area contributed by atoms with E-state index < -0.39 is 16.0 Å². The number of halogens is 1. The standard InChI is InChI=1S/C25H22ClNO5S/c1-16(2)32-22-8-10-23(11-9-22)33(30,31)27-21(15-19-14-20(26)7-12-24(19)27)13-17-3-5-18(6-4-17)25(28)29/h3-12,14-16H,13H2,1-2H3,(H,28,29). The van der Waals surface area contributed by atoms with E-state index >= 15 is 0 Å². The number of nitrogens with zero attached hydrogens (tertiary/aromatic N) is 1. The maximum Gasteiger partial charge on any atom is 0.335 e. The van der Waals surface area contributed by atoms with Crippen LogP contribution >= 0.6 is 11.6 Å². The van der Waals surface area contributed by atoms with Crippen molar-refractivity contribution in [3.05, 3.63) is 94.6 Å². The van der Waals surface area contributed by atoms with Gasteiger partial charge in [-0.3, -0.25) is 0 Å². The highest BCUT2D eigenvalue weighted by Crippen LogP contribution is 2.30. The van der Waals surface area contributed by atoms with Gasteiger partial charge in [-0.1, -0.05) is 23.7 Å². The normalized spacial score (nSPS) is 11.8. The van der Waals surface area contributed by atoms with Gasteiger partial charge in [0.05, 0.1) is 22.1 Å². The third-order valence-corrected chi connectivity index (χ3v) is 7.13. The summed E-state index contributed by atoms with van der Waals surface area (Å²) in [5, 5.41) is 10.3. The largest absolute Gasteiger partial charge is 0.491 e. The number of aromatic carboxylic acids is 1. The van der Waals surface area contributed by atoms with Crippen LogP contribution in [0.2, 0.25) is 5.02 Å². The molecule has 0 bridgehead atoms. The number of carboxylic acids is 1. The molecule has 1 heterocycles. The molecule has 8 heteroatoms. The number of aromatic nitrogens is 1. The van der Waals surface area contributed by atoms with Crippen LogP contribution in [-0.2, 0) is 16.4 Å². The zero-order chi connectivity index (χ0) is 23.8. The van der Waals surface area contributed by atoms with Gasteiger partial charge in [-0.2, -0.15) is 0 Å². The van der Waals surface area contributed by atoms with Crippen LogP contribution < -0.4 is 4.74 Å². The van der Waals surface area contributed by atoms with Crippen LogP contribution in [0.5, 0.6) is 5.75 Å². The lowest BCUT2D eigenvalue weighted by Gasteiger charge is -2.14. The number of carbonyl (C=O) groups is 1. The molecule has 4 aromatic rings. The summed E-state index contributed by atoms with van der Waals surface area (Å²) in [5.41, 5.74) is 2.00. The highest BCUT2D eigenvalue weighted by atomic mass is 35.5. The second kappa shape index (κ2) is 8.92. The molecule has 4 rings (SSSR count). The van der Waals surface area contributed by atoms with Crippen molar-refractivity contribution >= 4 is 38.5 Å². The van der Waals surface area contributed by atoms with E-state index in [9.17, 15) is 13.2 Å². The summed E-state index contributed by atoms with van der Waals surface area (Å²) < 4.78 is 34.3. The Balaban J connectivity index is 1.80. The van der Waals surface area contributed by atoms with E-state index in [1.165, 1.54) is 28.2 Å². The monoisotopic (exact) mass is 483 g/mol. The van der Waals surface area contributed by atoms with Crippen molar-refractivity contribution in [2.45, 2.75) is 31.3 Å². The van der Waals surface area contributed by atoms with E-state index in [4.69, 9.17) is 21.4 Å². The maximum absolute atomic E-state index is 13.7. The first kappa shape index (κ1) is 22.9. The van der Waals surface area contributed by atoms with Crippen molar-refractivity contribution in [3.63, 3.8) is 0 Å². The minimum Gasteiger partial charge on any atom is -0.491 e. The molecule has 0 aliphatic heterocycles. The second-order valence-corrected chi connectivity index (χ2v) is 10.1. The van der Waals surface area contributed by atoms with Crippen LogP contribution in [0.1, 0.15) is 35.5 Å². The third kappa shape index (κ3) is 4.74. The van der Waals surface area contributed by atoms with Gasteiger partial charge in [0.25, 0.3) is 10.0 Å². The molecular weight excluding hydrogens is 462 g/mol. The first-order valence-electron chi connectivity index (χ1n) is 10.3. The number of fused-ring (bicyclic) bond motifs is 1. The van der Waals surface area contributed by atoms with Crippen LogP contribution in [0.4, 0.5) is 0 Å². The number of hydrogen-bond donors (Lipinski definition) is 1. The molecule has 33 heavy (non-hydrogen) atoms. The van der Waals surface area contributed by atoms with E-state index in [0.717, 1.165) is 5.56 Å². The number of ether oxygens (including phenoxy) is 1. The van der Waals surface area contributed by atoms with E-state index in [2.05, 4.69) is 0 Å². The molecule has 0 aliphatic rings. The molecule has 0 saturated heterocycles. The van der Waals surface area contributed by atoms with Crippen LogP contribution in [0, 0.1) is 0 Å². The lowest BCUT2D eigenvalue weighted by molar-refractivity contribution is 0.0697. The fourth-order valence-corrected chi connectivity index (χ4v) is 5.39. The summed E-state index contributed by atoms with van der Waals surface area (Å²) >= 11 is 6.15. The molecule has 0 radical (unpaired) electrons. The van der Waals surface area contributed by atoms with Crippen molar-refractivity contribution in [1.29, 1.82) is 0 Å². The molecule has 6 nitrogen and oxygen atoms in total. The van der Waals surface area contributed by atoms with Gasteiger partial charge >= 0.3 is 5.97 Å². The molecule has 170 valence electrons. The van der Waals surface area contributed by atoms with Gasteiger partial charge in [-0.25, -0.2) is 17.2 Å². The molecule has 1 N–H and O–H groups in total. The lowest BCUT2D eigenvalue weighted by atomic mass is 10.1. The lowest BCUT2D eigenvalue weighted by Crippen LogP contribution is -2.16. The fourth-order valence-electron chi connectivity index (χ4n) is 3.67. The van der Waals surface area contributed by atoms with Gasteiger partial charge in [-0.15, -0.1) is 0 Å². The predicted octanol–water partition coefficient (Wildman–Crippen LogP) is 5.61. The van der Waals surface area contributed by atoms with Crippen molar-refractivity contribution in [2.24, 2.45) is 0 Å². The molecule has 0 aliphatic carbocycles. The molecule has 1 aromatic heterocycles. The highest BCUT2D eigenvalue weighted by molar-refractivity contribution is 7.90. The molecular formula is C25H22ClNO5S. The van der Waals surface area contributed by atoms with Crippen molar-refractivity contribution in [3.8, 4) is 5.75 Å². The Morgan fingerprint density at radius 1 is 1.00 bits per heavy atom. The summed E-state index contributed by atoms with van der Waals surface area (Å²) in [5.74, 6) is -0.426. The molecule has 3 aromatic carbocycles. The van der Waals surface area contributed by atoms with E-state index in [1.807, 2.05) is 13.8 Å². The zero-order valence-electron chi connectivity index (χ0n) is 18.0. The second-order valence-electron chi connectivity index (χ2n) is 7.93. The average molecular weight is 484 g/mol. The van der Waals surface area contributed by atoms with Crippen LogP contribution in [0.25, 0.3) is 10.9 Å². The topological polar surface area (TPSA) is 85.6 Å².